The van der Waals surface area contributed by atoms with Gasteiger partial charge in [0, 0.05) is 23.3 Å². The van der Waals surface area contributed by atoms with Crippen LogP contribution in [0, 0.1) is 28.9 Å². The number of nitro groups is 1. The fourth-order valence-corrected chi connectivity index (χ4v) is 5.55. The molecule has 0 N–H and O–H groups in total. The van der Waals surface area contributed by atoms with Gasteiger partial charge in [-0.25, -0.2) is 4.90 Å². The second-order valence-corrected chi connectivity index (χ2v) is 9.18. The number of anilines is 1. The Labute approximate surface area is 204 Å². The van der Waals surface area contributed by atoms with Gasteiger partial charge in [-0.1, -0.05) is 42.0 Å². The van der Waals surface area contributed by atoms with E-state index in [0.717, 1.165) is 10.5 Å². The predicted molar refractivity (Wildman–Crippen MR) is 125 cm³/mol. The van der Waals surface area contributed by atoms with Gasteiger partial charge in [-0.05, 0) is 36.8 Å². The molecule has 0 bridgehead atoms. The predicted octanol–water partition coefficient (Wildman–Crippen LogP) is 3.60. The Balaban J connectivity index is 1.52. The topological polar surface area (TPSA) is 124 Å². The summed E-state index contributed by atoms with van der Waals surface area (Å²) >= 11 is 0. The average Bonchev–Trinajstić information content (AvgIpc) is 3.45. The van der Waals surface area contributed by atoms with Crippen LogP contribution in [0.15, 0.2) is 72.8 Å². The fraction of sp³-hybridized carbons (Fsp3) is 0.185. The minimum Gasteiger partial charge on any atom is -0.349 e. The standard InChI is InChI=1S/C27H18N2O7/c1-14-6-10-16(11-7-14)28-25(32)20-21(26(28)33)27(23(30)18-4-2-3-5-19(18)24(27)31)36-22(20)15-8-12-17(13-9-15)29(34)35/h2-13,20-22H,1H3/t20-,21+,22-/m1/s1. The fourth-order valence-electron chi connectivity index (χ4n) is 5.55. The molecule has 9 nitrogen and oxygen atoms in total. The number of imide groups is 1. The third kappa shape index (κ3) is 2.74. The van der Waals surface area contributed by atoms with Crippen LogP contribution in [-0.2, 0) is 14.3 Å². The lowest BCUT2D eigenvalue weighted by molar-refractivity contribution is -0.384. The quantitative estimate of drug-likeness (QED) is 0.242. The third-order valence-corrected chi connectivity index (χ3v) is 7.24. The van der Waals surface area contributed by atoms with Gasteiger partial charge in [-0.3, -0.25) is 29.3 Å². The summed E-state index contributed by atoms with van der Waals surface area (Å²) in [5.74, 6) is -5.14. The molecule has 1 aliphatic carbocycles. The molecule has 2 fully saturated rings. The highest BCUT2D eigenvalue weighted by Gasteiger charge is 2.74. The number of carbonyl (C=O) groups excluding carboxylic acids is 4. The van der Waals surface area contributed by atoms with Gasteiger partial charge in [0.1, 0.15) is 0 Å². The summed E-state index contributed by atoms with van der Waals surface area (Å²) in [6.45, 7) is 1.87. The van der Waals surface area contributed by atoms with E-state index in [1.54, 1.807) is 36.4 Å². The van der Waals surface area contributed by atoms with Crippen molar-refractivity contribution in [2.24, 2.45) is 11.8 Å². The molecule has 0 saturated carbocycles. The number of nitrogens with zero attached hydrogens (tertiary/aromatic N) is 2. The first kappa shape index (κ1) is 22.0. The Kier molecular flexibility index (Phi) is 4.58. The maximum atomic E-state index is 13.8. The maximum absolute atomic E-state index is 13.8. The summed E-state index contributed by atoms with van der Waals surface area (Å²) in [5.41, 5.74) is -0.461. The molecule has 0 aromatic heterocycles. The number of aryl methyl sites for hydroxylation is 1. The summed E-state index contributed by atoms with van der Waals surface area (Å²) < 4.78 is 6.18. The Hall–Kier alpha value is -4.50. The van der Waals surface area contributed by atoms with Crippen molar-refractivity contribution in [2.75, 3.05) is 4.90 Å². The molecular weight excluding hydrogens is 464 g/mol. The molecule has 0 radical (unpaired) electrons. The molecule has 1 spiro atoms. The number of ketones is 2. The van der Waals surface area contributed by atoms with E-state index < -0.39 is 51.8 Å². The van der Waals surface area contributed by atoms with Gasteiger partial charge in [-0.2, -0.15) is 0 Å². The van der Waals surface area contributed by atoms with Crippen molar-refractivity contribution < 1.29 is 28.8 Å². The zero-order chi connectivity index (χ0) is 25.4. The molecule has 3 aliphatic rings. The lowest BCUT2D eigenvalue weighted by atomic mass is 9.77. The van der Waals surface area contributed by atoms with E-state index in [4.69, 9.17) is 4.74 Å². The molecule has 2 amide bonds. The van der Waals surface area contributed by atoms with E-state index in [2.05, 4.69) is 0 Å². The Morgan fingerprint density at radius 1 is 0.833 bits per heavy atom. The first-order valence-electron chi connectivity index (χ1n) is 11.3. The lowest BCUT2D eigenvalue weighted by Gasteiger charge is -2.27. The van der Waals surface area contributed by atoms with Crippen LogP contribution in [0.25, 0.3) is 0 Å². The highest BCUT2D eigenvalue weighted by atomic mass is 16.6. The molecule has 2 heterocycles. The largest absolute Gasteiger partial charge is 0.349 e. The number of carbonyl (C=O) groups is 4. The summed E-state index contributed by atoms with van der Waals surface area (Å²) in [6.07, 6.45) is -1.13. The number of hydrogen-bond donors (Lipinski definition) is 0. The SMILES string of the molecule is Cc1ccc(N2C(=O)[C@H]3[C@@H](c4ccc([N+](=O)[O-])cc4)OC4(C(=O)c5ccccc5C4=O)[C@@H]3C2=O)cc1. The molecule has 6 rings (SSSR count). The van der Waals surface area contributed by atoms with E-state index in [1.807, 2.05) is 6.92 Å². The molecule has 178 valence electrons. The first-order chi connectivity index (χ1) is 17.3. The zero-order valence-electron chi connectivity index (χ0n) is 18.9. The van der Waals surface area contributed by atoms with Crippen molar-refractivity contribution in [3.8, 4) is 0 Å². The highest BCUT2D eigenvalue weighted by molar-refractivity contribution is 6.37. The van der Waals surface area contributed by atoms with Crippen LogP contribution in [0.1, 0.15) is 37.9 Å². The monoisotopic (exact) mass is 482 g/mol. The number of rotatable bonds is 3. The van der Waals surface area contributed by atoms with Crippen molar-refractivity contribution in [3.63, 3.8) is 0 Å². The van der Waals surface area contributed by atoms with Crippen LogP contribution in [-0.4, -0.2) is 33.9 Å². The molecule has 3 aromatic carbocycles. The number of Topliss-reactive ketones (excluding diaryl/α,β-unsaturated/α-hetero) is 2. The molecule has 2 saturated heterocycles. The van der Waals surface area contributed by atoms with Crippen LogP contribution < -0.4 is 4.90 Å². The molecule has 3 atom stereocenters. The van der Waals surface area contributed by atoms with Gasteiger partial charge in [0.25, 0.3) is 5.69 Å². The molecular formula is C27H18N2O7. The van der Waals surface area contributed by atoms with Gasteiger partial charge < -0.3 is 4.74 Å². The van der Waals surface area contributed by atoms with Crippen molar-refractivity contribution in [1.82, 2.24) is 0 Å². The van der Waals surface area contributed by atoms with Crippen LogP contribution in [0.5, 0.6) is 0 Å². The second-order valence-electron chi connectivity index (χ2n) is 9.18. The summed E-state index contributed by atoms with van der Waals surface area (Å²) in [7, 11) is 0. The van der Waals surface area contributed by atoms with Gasteiger partial charge in [0.15, 0.2) is 0 Å². The lowest BCUT2D eigenvalue weighted by Crippen LogP contribution is -2.51. The number of amides is 2. The molecule has 2 aliphatic heterocycles. The van der Waals surface area contributed by atoms with E-state index in [0.29, 0.717) is 11.3 Å². The van der Waals surface area contributed by atoms with Crippen molar-refractivity contribution in [2.45, 2.75) is 18.6 Å². The highest BCUT2D eigenvalue weighted by Crippen LogP contribution is 2.57. The van der Waals surface area contributed by atoms with Crippen molar-refractivity contribution in [1.29, 1.82) is 0 Å². The first-order valence-corrected chi connectivity index (χ1v) is 11.3. The van der Waals surface area contributed by atoms with Crippen molar-refractivity contribution in [3.05, 3.63) is 105 Å². The Morgan fingerprint density at radius 3 is 1.97 bits per heavy atom. The van der Waals surface area contributed by atoms with Gasteiger partial charge in [0.05, 0.1) is 28.6 Å². The van der Waals surface area contributed by atoms with Gasteiger partial charge in [0.2, 0.25) is 29.0 Å². The second kappa shape index (κ2) is 7.50. The van der Waals surface area contributed by atoms with E-state index in [9.17, 15) is 29.3 Å². The normalized spacial score (nSPS) is 23.9. The van der Waals surface area contributed by atoms with Crippen molar-refractivity contribution >= 4 is 34.8 Å². The maximum Gasteiger partial charge on any atom is 0.269 e. The number of nitro benzene ring substituents is 1. The number of ether oxygens (including phenoxy) is 1. The average molecular weight is 482 g/mol. The number of non-ortho nitro benzene ring substituents is 1. The smallest absolute Gasteiger partial charge is 0.269 e. The van der Waals surface area contributed by atoms with E-state index in [1.165, 1.54) is 36.4 Å². The third-order valence-electron chi connectivity index (χ3n) is 7.24. The molecule has 9 heteroatoms. The zero-order valence-corrected chi connectivity index (χ0v) is 18.9. The number of benzene rings is 3. The van der Waals surface area contributed by atoms with Gasteiger partial charge in [-0.15, -0.1) is 0 Å². The molecule has 36 heavy (non-hydrogen) atoms. The van der Waals surface area contributed by atoms with Crippen LogP contribution in [0.3, 0.4) is 0 Å². The number of fused-ring (bicyclic) bond motifs is 3. The Morgan fingerprint density at radius 2 is 1.42 bits per heavy atom. The van der Waals surface area contributed by atoms with Crippen LogP contribution in [0.4, 0.5) is 11.4 Å². The Bertz CT molecular complexity index is 1460. The number of hydrogen-bond acceptors (Lipinski definition) is 7. The minimum atomic E-state index is -2.19. The van der Waals surface area contributed by atoms with E-state index >= 15 is 0 Å². The van der Waals surface area contributed by atoms with Gasteiger partial charge >= 0.3 is 0 Å². The van der Waals surface area contributed by atoms with E-state index in [-0.39, 0.29) is 16.8 Å². The molecule has 3 aromatic rings. The van der Waals surface area contributed by atoms with Crippen LogP contribution in [0.2, 0.25) is 0 Å². The summed E-state index contributed by atoms with van der Waals surface area (Å²) in [6, 6.07) is 18.4. The molecule has 0 unspecified atom stereocenters. The van der Waals surface area contributed by atoms with Crippen LogP contribution >= 0.6 is 0 Å². The summed E-state index contributed by atoms with van der Waals surface area (Å²) in [4.78, 5) is 66.6. The summed E-state index contributed by atoms with van der Waals surface area (Å²) in [5, 5.41) is 11.1. The minimum absolute atomic E-state index is 0.139.